The van der Waals surface area contributed by atoms with Gasteiger partial charge in [0.25, 0.3) is 0 Å². The molecule has 2 heterocycles. The number of anilines is 1. The monoisotopic (exact) mass is 235 g/mol. The average Bonchev–Trinajstić information content (AvgIpc) is 2.89. The molecule has 6 nitrogen and oxygen atoms in total. The van der Waals surface area contributed by atoms with Crippen molar-refractivity contribution in [1.29, 1.82) is 0 Å². The van der Waals surface area contributed by atoms with Crippen LogP contribution in [-0.4, -0.2) is 29.3 Å². The van der Waals surface area contributed by atoms with Crippen molar-refractivity contribution in [3.63, 3.8) is 0 Å². The van der Waals surface area contributed by atoms with Gasteiger partial charge in [-0.3, -0.25) is 5.10 Å². The van der Waals surface area contributed by atoms with Gasteiger partial charge in [0.05, 0.1) is 12.8 Å². The summed E-state index contributed by atoms with van der Waals surface area (Å²) in [5.41, 5.74) is 1.16. The molecule has 0 aliphatic heterocycles. The fourth-order valence-electron chi connectivity index (χ4n) is 1.47. The van der Waals surface area contributed by atoms with E-state index in [0.717, 1.165) is 23.7 Å². The largest absolute Gasteiger partial charge is 0.469 e. The van der Waals surface area contributed by atoms with Crippen molar-refractivity contribution >= 4 is 5.95 Å². The maximum Gasteiger partial charge on any atom is 0.244 e. The summed E-state index contributed by atoms with van der Waals surface area (Å²) in [4.78, 5) is 6.19. The number of nitrogens with zero attached hydrogens (tertiary/aromatic N) is 3. The Morgan fingerprint density at radius 1 is 1.41 bits per heavy atom. The van der Waals surface area contributed by atoms with Gasteiger partial charge in [-0.05, 0) is 13.0 Å². The van der Waals surface area contributed by atoms with E-state index in [4.69, 9.17) is 4.42 Å². The fourth-order valence-corrected chi connectivity index (χ4v) is 1.47. The molecule has 0 aliphatic carbocycles. The first kappa shape index (κ1) is 11.7. The maximum atomic E-state index is 5.22. The molecule has 0 saturated carbocycles. The minimum atomic E-state index is 0.658. The third-order valence-corrected chi connectivity index (χ3v) is 2.49. The summed E-state index contributed by atoms with van der Waals surface area (Å²) in [6.07, 6.45) is 1.70. The van der Waals surface area contributed by atoms with Crippen LogP contribution in [-0.2, 0) is 13.1 Å². The quantitative estimate of drug-likeness (QED) is 0.811. The molecular formula is C11H17N5O. The molecule has 0 fully saturated rings. The van der Waals surface area contributed by atoms with E-state index in [9.17, 15) is 0 Å². The van der Waals surface area contributed by atoms with E-state index in [-0.39, 0.29) is 0 Å². The fraction of sp³-hybridized carbons (Fsp3) is 0.455. The summed E-state index contributed by atoms with van der Waals surface area (Å²) in [5, 5.41) is 10.3. The number of aromatic nitrogens is 3. The highest BCUT2D eigenvalue weighted by molar-refractivity contribution is 5.24. The van der Waals surface area contributed by atoms with Gasteiger partial charge in [0.15, 0.2) is 0 Å². The Balaban J connectivity index is 1.84. The summed E-state index contributed by atoms with van der Waals surface area (Å²) in [7, 11) is 3.82. The van der Waals surface area contributed by atoms with Gasteiger partial charge >= 0.3 is 0 Å². The van der Waals surface area contributed by atoms with Gasteiger partial charge in [-0.15, -0.1) is 5.10 Å². The molecule has 0 amide bonds. The first-order valence-electron chi connectivity index (χ1n) is 5.49. The van der Waals surface area contributed by atoms with Crippen LogP contribution in [0.15, 0.2) is 16.7 Å². The number of furan rings is 1. The van der Waals surface area contributed by atoms with E-state index < -0.39 is 0 Å². The maximum absolute atomic E-state index is 5.22. The Labute approximate surface area is 100 Å². The van der Waals surface area contributed by atoms with E-state index in [2.05, 4.69) is 20.5 Å². The van der Waals surface area contributed by atoms with Gasteiger partial charge < -0.3 is 14.6 Å². The van der Waals surface area contributed by atoms with Crippen LogP contribution >= 0.6 is 0 Å². The molecule has 0 spiro atoms. The summed E-state index contributed by atoms with van der Waals surface area (Å²) in [6.45, 7) is 3.38. The number of H-pyrrole nitrogens is 1. The Morgan fingerprint density at radius 2 is 2.24 bits per heavy atom. The minimum absolute atomic E-state index is 0.658. The van der Waals surface area contributed by atoms with E-state index >= 15 is 0 Å². The summed E-state index contributed by atoms with van der Waals surface area (Å²) < 4.78 is 5.22. The van der Waals surface area contributed by atoms with E-state index in [0.29, 0.717) is 12.5 Å². The molecule has 2 aromatic rings. The summed E-state index contributed by atoms with van der Waals surface area (Å²) in [6, 6.07) is 1.97. The Morgan fingerprint density at radius 3 is 2.82 bits per heavy atom. The molecule has 0 atom stereocenters. The number of rotatable bonds is 5. The van der Waals surface area contributed by atoms with Gasteiger partial charge in [-0.2, -0.15) is 4.98 Å². The third-order valence-electron chi connectivity index (χ3n) is 2.49. The van der Waals surface area contributed by atoms with Crippen LogP contribution in [0.5, 0.6) is 0 Å². The second-order valence-corrected chi connectivity index (χ2v) is 4.08. The predicted molar refractivity (Wildman–Crippen MR) is 64.7 cm³/mol. The highest BCUT2D eigenvalue weighted by atomic mass is 16.3. The van der Waals surface area contributed by atoms with Gasteiger partial charge in [0, 0.05) is 26.2 Å². The standard InChI is InChI=1S/C11H17N5O/c1-8-9(4-5-17-8)6-12-7-10-13-11(15-14-10)16(2)3/h4-5,12H,6-7H2,1-3H3,(H,13,14,15). The lowest BCUT2D eigenvalue weighted by molar-refractivity contribution is 0.525. The van der Waals surface area contributed by atoms with Crippen molar-refractivity contribution < 1.29 is 4.42 Å². The van der Waals surface area contributed by atoms with E-state index in [1.165, 1.54) is 0 Å². The second kappa shape index (κ2) is 5.01. The summed E-state index contributed by atoms with van der Waals surface area (Å²) in [5.74, 6) is 2.47. The molecule has 0 unspecified atom stereocenters. The van der Waals surface area contributed by atoms with Crippen molar-refractivity contribution in [2.45, 2.75) is 20.0 Å². The van der Waals surface area contributed by atoms with Crippen LogP contribution in [0.4, 0.5) is 5.95 Å². The zero-order valence-electron chi connectivity index (χ0n) is 10.3. The van der Waals surface area contributed by atoms with Crippen LogP contribution in [0, 0.1) is 6.92 Å². The zero-order valence-corrected chi connectivity index (χ0v) is 10.3. The number of nitrogens with one attached hydrogen (secondary N) is 2. The average molecular weight is 235 g/mol. The summed E-state index contributed by atoms with van der Waals surface area (Å²) >= 11 is 0. The normalized spacial score (nSPS) is 10.8. The van der Waals surface area contributed by atoms with Gasteiger partial charge in [0.1, 0.15) is 11.6 Å². The van der Waals surface area contributed by atoms with Crippen LogP contribution in [0.2, 0.25) is 0 Å². The molecule has 17 heavy (non-hydrogen) atoms. The van der Waals surface area contributed by atoms with Crippen molar-refractivity contribution in [2.75, 3.05) is 19.0 Å². The SMILES string of the molecule is Cc1occc1CNCc1nc(N(C)C)n[nH]1. The van der Waals surface area contributed by atoms with Crippen LogP contribution < -0.4 is 10.2 Å². The Hall–Kier alpha value is -1.82. The lowest BCUT2D eigenvalue weighted by atomic mass is 10.2. The number of aryl methyl sites for hydroxylation is 1. The minimum Gasteiger partial charge on any atom is -0.469 e. The van der Waals surface area contributed by atoms with Crippen LogP contribution in [0.1, 0.15) is 17.1 Å². The number of aromatic amines is 1. The first-order valence-corrected chi connectivity index (χ1v) is 5.49. The molecule has 0 saturated heterocycles. The third kappa shape index (κ3) is 2.85. The highest BCUT2D eigenvalue weighted by Gasteiger charge is 2.05. The lowest BCUT2D eigenvalue weighted by Gasteiger charge is -2.04. The lowest BCUT2D eigenvalue weighted by Crippen LogP contribution is -2.14. The molecule has 2 N–H and O–H groups in total. The van der Waals surface area contributed by atoms with Gasteiger partial charge in [-0.1, -0.05) is 0 Å². The topological polar surface area (TPSA) is 70.0 Å². The first-order chi connectivity index (χ1) is 8.16. The molecule has 0 aromatic carbocycles. The highest BCUT2D eigenvalue weighted by Crippen LogP contribution is 2.08. The predicted octanol–water partition coefficient (Wildman–Crippen LogP) is 1.06. The molecule has 0 aliphatic rings. The number of hydrogen-bond donors (Lipinski definition) is 2. The van der Waals surface area contributed by atoms with Gasteiger partial charge in [-0.25, -0.2) is 0 Å². The Kier molecular flexibility index (Phi) is 3.43. The van der Waals surface area contributed by atoms with Crippen molar-refractivity contribution in [3.05, 3.63) is 29.5 Å². The van der Waals surface area contributed by atoms with Crippen LogP contribution in [0.3, 0.4) is 0 Å². The number of hydrogen-bond acceptors (Lipinski definition) is 5. The van der Waals surface area contributed by atoms with Crippen molar-refractivity contribution in [2.24, 2.45) is 0 Å². The molecular weight excluding hydrogens is 218 g/mol. The zero-order chi connectivity index (χ0) is 12.3. The van der Waals surface area contributed by atoms with Gasteiger partial charge in [0.2, 0.25) is 5.95 Å². The molecule has 0 bridgehead atoms. The van der Waals surface area contributed by atoms with Crippen molar-refractivity contribution in [3.8, 4) is 0 Å². The van der Waals surface area contributed by atoms with Crippen molar-refractivity contribution in [1.82, 2.24) is 20.5 Å². The molecule has 2 aromatic heterocycles. The smallest absolute Gasteiger partial charge is 0.244 e. The molecule has 2 rings (SSSR count). The molecule has 0 radical (unpaired) electrons. The molecule has 92 valence electrons. The Bertz CT molecular complexity index is 474. The van der Waals surface area contributed by atoms with Crippen LogP contribution in [0.25, 0.3) is 0 Å². The molecule has 6 heteroatoms. The van der Waals surface area contributed by atoms with E-state index in [1.807, 2.05) is 32.0 Å². The second-order valence-electron chi connectivity index (χ2n) is 4.08. The van der Waals surface area contributed by atoms with E-state index in [1.54, 1.807) is 6.26 Å².